The highest BCUT2D eigenvalue weighted by molar-refractivity contribution is 6.03. The zero-order valence-electron chi connectivity index (χ0n) is 14.3. The molecule has 0 aliphatic heterocycles. The van der Waals surface area contributed by atoms with Crippen LogP contribution in [-0.2, 0) is 0 Å². The van der Waals surface area contributed by atoms with Crippen LogP contribution in [0.15, 0.2) is 73.3 Å². The van der Waals surface area contributed by atoms with E-state index in [-0.39, 0.29) is 11.4 Å². The maximum Gasteiger partial charge on any atom is 0.276 e. The summed E-state index contributed by atoms with van der Waals surface area (Å²) in [7, 11) is 0. The van der Waals surface area contributed by atoms with Crippen molar-refractivity contribution >= 4 is 17.3 Å². The van der Waals surface area contributed by atoms with Crippen molar-refractivity contribution in [1.82, 2.24) is 24.5 Å². The summed E-state index contributed by atoms with van der Waals surface area (Å²) in [5.41, 5.74) is 1.05. The first-order chi connectivity index (χ1) is 13.6. The Labute approximate surface area is 158 Å². The minimum Gasteiger partial charge on any atom is -0.317 e. The molecule has 1 N–H and O–H groups in total. The Hall–Kier alpha value is -4.34. The van der Waals surface area contributed by atoms with Crippen LogP contribution in [0.3, 0.4) is 0 Å². The molecular weight excluding hydrogens is 362 g/mol. The number of carbonyl (C=O) groups is 1. The van der Waals surface area contributed by atoms with Gasteiger partial charge in [0, 0.05) is 36.9 Å². The second kappa shape index (κ2) is 7.11. The highest BCUT2D eigenvalue weighted by atomic mass is 16.6. The first-order valence-electron chi connectivity index (χ1n) is 8.19. The average Bonchev–Trinajstić information content (AvgIpc) is 3.41. The SMILES string of the molecule is O=C(Nc1cccnc1-n1cccn1)c1ccn(-c2cccc([N+](=O)[O-])c2)n1. The van der Waals surface area contributed by atoms with Gasteiger partial charge in [0.1, 0.15) is 0 Å². The lowest BCUT2D eigenvalue weighted by atomic mass is 10.3. The maximum absolute atomic E-state index is 12.6. The second-order valence-electron chi connectivity index (χ2n) is 5.70. The van der Waals surface area contributed by atoms with E-state index < -0.39 is 10.8 Å². The fourth-order valence-corrected chi connectivity index (χ4v) is 2.60. The Morgan fingerprint density at radius 3 is 2.71 bits per heavy atom. The molecular formula is C18H13N7O3. The molecule has 0 fully saturated rings. The van der Waals surface area contributed by atoms with Crippen molar-refractivity contribution in [3.05, 3.63) is 89.1 Å². The number of rotatable bonds is 5. The number of aromatic nitrogens is 5. The monoisotopic (exact) mass is 375 g/mol. The molecule has 0 spiro atoms. The lowest BCUT2D eigenvalue weighted by Gasteiger charge is -2.08. The summed E-state index contributed by atoms with van der Waals surface area (Å²) in [6.45, 7) is 0. The fraction of sp³-hybridized carbons (Fsp3) is 0. The van der Waals surface area contributed by atoms with Crippen LogP contribution in [0.2, 0.25) is 0 Å². The van der Waals surface area contributed by atoms with Crippen LogP contribution in [0.4, 0.5) is 11.4 Å². The van der Waals surface area contributed by atoms with Gasteiger partial charge in [-0.05, 0) is 30.3 Å². The summed E-state index contributed by atoms with van der Waals surface area (Å²) < 4.78 is 2.94. The summed E-state index contributed by atoms with van der Waals surface area (Å²) in [4.78, 5) is 27.3. The first kappa shape index (κ1) is 17.1. The largest absolute Gasteiger partial charge is 0.317 e. The van der Waals surface area contributed by atoms with Gasteiger partial charge < -0.3 is 5.32 Å². The van der Waals surface area contributed by atoms with E-state index in [1.54, 1.807) is 55.1 Å². The van der Waals surface area contributed by atoms with Gasteiger partial charge in [0.2, 0.25) is 0 Å². The van der Waals surface area contributed by atoms with Crippen LogP contribution in [0.1, 0.15) is 10.5 Å². The third-order valence-electron chi connectivity index (χ3n) is 3.88. The molecule has 1 aromatic carbocycles. The van der Waals surface area contributed by atoms with E-state index in [0.29, 0.717) is 17.2 Å². The van der Waals surface area contributed by atoms with Crippen LogP contribution in [-0.4, -0.2) is 35.4 Å². The molecule has 0 unspecified atom stereocenters. The number of benzene rings is 1. The molecule has 4 rings (SSSR count). The van der Waals surface area contributed by atoms with Gasteiger partial charge in [-0.15, -0.1) is 0 Å². The number of nitrogens with one attached hydrogen (secondary N) is 1. The molecule has 3 aromatic heterocycles. The Bertz CT molecular complexity index is 1150. The smallest absolute Gasteiger partial charge is 0.276 e. The average molecular weight is 375 g/mol. The summed E-state index contributed by atoms with van der Waals surface area (Å²) >= 11 is 0. The van der Waals surface area contributed by atoms with Crippen LogP contribution in [0.25, 0.3) is 11.5 Å². The van der Waals surface area contributed by atoms with Gasteiger partial charge in [0.05, 0.1) is 16.3 Å². The lowest BCUT2D eigenvalue weighted by Crippen LogP contribution is -2.15. The molecule has 0 aliphatic rings. The van der Waals surface area contributed by atoms with Crippen molar-refractivity contribution in [2.45, 2.75) is 0 Å². The summed E-state index contributed by atoms with van der Waals surface area (Å²) in [5, 5.41) is 22.0. The van der Waals surface area contributed by atoms with E-state index in [9.17, 15) is 14.9 Å². The summed E-state index contributed by atoms with van der Waals surface area (Å²) in [6.07, 6.45) is 6.49. The van der Waals surface area contributed by atoms with Crippen molar-refractivity contribution in [1.29, 1.82) is 0 Å². The van der Waals surface area contributed by atoms with Crippen LogP contribution in [0.5, 0.6) is 0 Å². The minimum atomic E-state index is -0.486. The van der Waals surface area contributed by atoms with Gasteiger partial charge in [-0.1, -0.05) is 6.07 Å². The number of hydrogen-bond donors (Lipinski definition) is 1. The first-order valence-corrected chi connectivity index (χ1v) is 8.19. The van der Waals surface area contributed by atoms with E-state index in [0.717, 1.165) is 0 Å². The number of nitrogens with zero attached hydrogens (tertiary/aromatic N) is 6. The number of nitro groups is 1. The number of anilines is 1. The standard InChI is InChI=1S/C18H13N7O3/c26-18(21-15-6-2-8-19-17(15)24-10-3-9-20-24)16-7-11-23(22-16)13-4-1-5-14(12-13)25(27)28/h1-12H,(H,21,26). The van der Waals surface area contributed by atoms with Crippen molar-refractivity contribution < 1.29 is 9.72 Å². The quantitative estimate of drug-likeness (QED) is 0.423. The minimum absolute atomic E-state index is 0.0572. The molecule has 4 aromatic rings. The van der Waals surface area contributed by atoms with Crippen LogP contribution >= 0.6 is 0 Å². The molecule has 10 nitrogen and oxygen atoms in total. The summed E-state index contributed by atoms with van der Waals surface area (Å²) in [5.74, 6) is 0.0320. The van der Waals surface area contributed by atoms with Gasteiger partial charge in [-0.3, -0.25) is 14.9 Å². The Balaban J connectivity index is 1.58. The van der Waals surface area contributed by atoms with Gasteiger partial charge in [-0.2, -0.15) is 10.2 Å². The molecule has 0 saturated carbocycles. The van der Waals surface area contributed by atoms with E-state index in [4.69, 9.17) is 0 Å². The Kier molecular flexibility index (Phi) is 4.34. The number of hydrogen-bond acceptors (Lipinski definition) is 6. The lowest BCUT2D eigenvalue weighted by molar-refractivity contribution is -0.384. The molecule has 0 saturated heterocycles. The Morgan fingerprint density at radius 1 is 1.04 bits per heavy atom. The number of nitro benzene ring substituents is 1. The molecule has 10 heteroatoms. The molecule has 0 radical (unpaired) electrons. The normalized spacial score (nSPS) is 10.6. The number of pyridine rings is 1. The molecule has 28 heavy (non-hydrogen) atoms. The second-order valence-corrected chi connectivity index (χ2v) is 5.70. The van der Waals surface area contributed by atoms with Gasteiger partial charge in [-0.25, -0.2) is 14.3 Å². The van der Waals surface area contributed by atoms with E-state index in [1.165, 1.54) is 27.6 Å². The Morgan fingerprint density at radius 2 is 1.93 bits per heavy atom. The van der Waals surface area contributed by atoms with Crippen molar-refractivity contribution in [2.24, 2.45) is 0 Å². The summed E-state index contributed by atoms with van der Waals surface area (Å²) in [6, 6.07) is 12.7. The third kappa shape index (κ3) is 3.33. The van der Waals surface area contributed by atoms with Crippen molar-refractivity contribution in [3.8, 4) is 11.5 Å². The third-order valence-corrected chi connectivity index (χ3v) is 3.88. The number of amides is 1. The molecule has 0 bridgehead atoms. The van der Waals surface area contributed by atoms with Gasteiger partial charge >= 0.3 is 0 Å². The number of carbonyl (C=O) groups excluding carboxylic acids is 1. The molecule has 0 aliphatic carbocycles. The van der Waals surface area contributed by atoms with Crippen molar-refractivity contribution in [3.63, 3.8) is 0 Å². The predicted octanol–water partition coefficient (Wildman–Crippen LogP) is 2.61. The molecule has 1 amide bonds. The van der Waals surface area contributed by atoms with Gasteiger partial charge in [0.15, 0.2) is 11.5 Å². The van der Waals surface area contributed by atoms with Gasteiger partial charge in [0.25, 0.3) is 11.6 Å². The molecule has 3 heterocycles. The molecule has 0 atom stereocenters. The van der Waals surface area contributed by atoms with E-state index in [2.05, 4.69) is 20.5 Å². The predicted molar refractivity (Wildman–Crippen MR) is 99.5 cm³/mol. The zero-order valence-corrected chi connectivity index (χ0v) is 14.3. The van der Waals surface area contributed by atoms with Crippen molar-refractivity contribution in [2.75, 3.05) is 5.32 Å². The topological polar surface area (TPSA) is 121 Å². The number of non-ortho nitro benzene ring substituents is 1. The highest BCUT2D eigenvalue weighted by Gasteiger charge is 2.15. The van der Waals surface area contributed by atoms with E-state index >= 15 is 0 Å². The zero-order chi connectivity index (χ0) is 19.5. The van der Waals surface area contributed by atoms with E-state index in [1.807, 2.05) is 0 Å². The van der Waals surface area contributed by atoms with Crippen LogP contribution in [0, 0.1) is 10.1 Å². The fourth-order valence-electron chi connectivity index (χ4n) is 2.60. The van der Waals surface area contributed by atoms with Crippen LogP contribution < -0.4 is 5.32 Å². The maximum atomic E-state index is 12.6. The molecule has 138 valence electrons. The highest BCUT2D eigenvalue weighted by Crippen LogP contribution is 2.19.